The number of benzene rings is 1. The smallest absolute Gasteiger partial charge is 0.306 e. The van der Waals surface area contributed by atoms with Crippen LogP contribution >= 0.6 is 0 Å². The van der Waals surface area contributed by atoms with Gasteiger partial charge in [0, 0.05) is 12.3 Å². The van der Waals surface area contributed by atoms with Crippen LogP contribution in [-0.2, 0) is 19.1 Å². The van der Waals surface area contributed by atoms with Crippen molar-refractivity contribution in [2.45, 2.75) is 70.7 Å². The Morgan fingerprint density at radius 2 is 1.93 bits per heavy atom. The average molecular weight is 419 g/mol. The van der Waals surface area contributed by atoms with Gasteiger partial charge >= 0.3 is 5.97 Å². The minimum atomic E-state index is -0.768. The van der Waals surface area contributed by atoms with Gasteiger partial charge in [-0.2, -0.15) is 0 Å². The lowest BCUT2D eigenvalue weighted by Crippen LogP contribution is -2.20. The molecule has 30 heavy (non-hydrogen) atoms. The number of Topliss-reactive ketones (excluding diaryl/α,β-unsaturated/α-hetero) is 1. The third-order valence-electron chi connectivity index (χ3n) is 4.93. The van der Waals surface area contributed by atoms with Crippen molar-refractivity contribution in [3.05, 3.63) is 42.5 Å². The molecule has 3 atom stereocenters. The van der Waals surface area contributed by atoms with Crippen molar-refractivity contribution >= 4 is 11.8 Å². The van der Waals surface area contributed by atoms with Gasteiger partial charge in [0.2, 0.25) is 0 Å². The fourth-order valence-electron chi connectivity index (χ4n) is 3.40. The van der Waals surface area contributed by atoms with Gasteiger partial charge in [0.1, 0.15) is 25.1 Å². The highest BCUT2D eigenvalue weighted by atomic mass is 16.5. The fourth-order valence-corrected chi connectivity index (χ4v) is 3.40. The van der Waals surface area contributed by atoms with Crippen molar-refractivity contribution < 1.29 is 28.9 Å². The zero-order chi connectivity index (χ0) is 21.8. The third kappa shape index (κ3) is 9.09. The van der Waals surface area contributed by atoms with E-state index in [4.69, 9.17) is 14.2 Å². The number of ketones is 1. The Hall–Kier alpha value is -2.18. The van der Waals surface area contributed by atoms with Crippen molar-refractivity contribution in [1.29, 1.82) is 0 Å². The molecule has 0 aliphatic carbocycles. The van der Waals surface area contributed by atoms with Crippen LogP contribution in [0.4, 0.5) is 0 Å². The standard InChI is InChI=1S/C24H34O6/c1-18(2)30-24(27)13-9-4-3-8-12-21-22(26)17-29-23(21)15-14-19(25)16-28-20-10-6-5-7-11-20/h5-7,10-11,14-15,18-19,21,23,25H,3-4,8-9,12-13,16-17H2,1-2H3/b15-14+/t19-,21-,23+/m0/s1. The number of aliphatic hydroxyl groups excluding tert-OH is 1. The minimum Gasteiger partial charge on any atom is -0.491 e. The van der Waals surface area contributed by atoms with E-state index in [2.05, 4.69) is 0 Å². The van der Waals surface area contributed by atoms with Gasteiger partial charge in [-0.05, 0) is 38.8 Å². The van der Waals surface area contributed by atoms with E-state index >= 15 is 0 Å². The predicted molar refractivity (Wildman–Crippen MR) is 114 cm³/mol. The second kappa shape index (κ2) is 13.2. The maximum Gasteiger partial charge on any atom is 0.306 e. The predicted octanol–water partition coefficient (Wildman–Crippen LogP) is 3.86. The van der Waals surface area contributed by atoms with Gasteiger partial charge in [-0.3, -0.25) is 9.59 Å². The number of hydrogen-bond donors (Lipinski definition) is 1. The Kier molecular flexibility index (Phi) is 10.6. The summed E-state index contributed by atoms with van der Waals surface area (Å²) in [5, 5.41) is 10.1. The molecule has 1 fully saturated rings. The quantitative estimate of drug-likeness (QED) is 0.298. The Morgan fingerprint density at radius 1 is 1.20 bits per heavy atom. The summed E-state index contributed by atoms with van der Waals surface area (Å²) >= 11 is 0. The van der Waals surface area contributed by atoms with Crippen LogP contribution in [0.1, 0.15) is 52.4 Å². The highest BCUT2D eigenvalue weighted by molar-refractivity contribution is 5.84. The number of carbonyl (C=O) groups is 2. The van der Waals surface area contributed by atoms with Crippen molar-refractivity contribution in [2.75, 3.05) is 13.2 Å². The lowest BCUT2D eigenvalue weighted by Gasteiger charge is -2.15. The molecule has 1 saturated heterocycles. The van der Waals surface area contributed by atoms with Crippen LogP contribution in [0.3, 0.4) is 0 Å². The molecule has 1 aliphatic heterocycles. The number of esters is 1. The van der Waals surface area contributed by atoms with Crippen LogP contribution in [0.15, 0.2) is 42.5 Å². The minimum absolute atomic E-state index is 0.0701. The van der Waals surface area contributed by atoms with Crippen LogP contribution in [0.25, 0.3) is 0 Å². The molecular weight excluding hydrogens is 384 g/mol. The van der Waals surface area contributed by atoms with E-state index in [0.717, 1.165) is 32.1 Å². The molecule has 1 aromatic rings. The molecule has 2 rings (SSSR count). The van der Waals surface area contributed by atoms with E-state index < -0.39 is 6.10 Å². The largest absolute Gasteiger partial charge is 0.491 e. The molecule has 0 spiro atoms. The molecule has 0 saturated carbocycles. The number of ether oxygens (including phenoxy) is 3. The summed E-state index contributed by atoms with van der Waals surface area (Å²) in [5.41, 5.74) is 0. The van der Waals surface area contributed by atoms with Gasteiger partial charge in [0.15, 0.2) is 5.78 Å². The number of para-hydroxylation sites is 1. The second-order valence-electron chi connectivity index (χ2n) is 7.92. The summed E-state index contributed by atoms with van der Waals surface area (Å²) in [7, 11) is 0. The third-order valence-corrected chi connectivity index (χ3v) is 4.93. The molecule has 6 heteroatoms. The van der Waals surface area contributed by atoms with Crippen LogP contribution in [0, 0.1) is 5.92 Å². The van der Waals surface area contributed by atoms with Crippen molar-refractivity contribution in [3.8, 4) is 5.75 Å². The van der Waals surface area contributed by atoms with Gasteiger partial charge in [0.25, 0.3) is 0 Å². The maximum atomic E-state index is 12.1. The monoisotopic (exact) mass is 418 g/mol. The molecule has 1 heterocycles. The SMILES string of the molecule is CC(C)OC(=O)CCCCCC[C@H]1C(=O)CO[C@@H]1/C=C/[C@H](O)COc1ccccc1. The Labute approximate surface area is 179 Å². The molecule has 0 bridgehead atoms. The molecule has 1 N–H and O–H groups in total. The summed E-state index contributed by atoms with van der Waals surface area (Å²) in [6.45, 7) is 3.96. The van der Waals surface area contributed by atoms with E-state index in [1.54, 1.807) is 12.2 Å². The molecule has 0 amide bonds. The van der Waals surface area contributed by atoms with Crippen molar-refractivity contribution in [1.82, 2.24) is 0 Å². The lowest BCUT2D eigenvalue weighted by molar-refractivity contribution is -0.147. The topological polar surface area (TPSA) is 82.1 Å². The number of aliphatic hydroxyl groups is 1. The first-order valence-corrected chi connectivity index (χ1v) is 10.8. The lowest BCUT2D eigenvalue weighted by atomic mass is 9.93. The highest BCUT2D eigenvalue weighted by Gasteiger charge is 2.33. The summed E-state index contributed by atoms with van der Waals surface area (Å²) < 4.78 is 16.2. The summed E-state index contributed by atoms with van der Waals surface area (Å²) in [4.78, 5) is 23.7. The Bertz CT molecular complexity index is 670. The molecule has 6 nitrogen and oxygen atoms in total. The van der Waals surface area contributed by atoms with Crippen molar-refractivity contribution in [3.63, 3.8) is 0 Å². The number of rotatable bonds is 13. The van der Waals surface area contributed by atoms with E-state index in [9.17, 15) is 14.7 Å². The summed E-state index contributed by atoms with van der Waals surface area (Å²) in [6.07, 6.45) is 7.07. The maximum absolute atomic E-state index is 12.1. The first-order valence-electron chi connectivity index (χ1n) is 10.8. The average Bonchev–Trinajstić information content (AvgIpc) is 3.07. The number of carbonyl (C=O) groups excluding carboxylic acids is 2. The number of unbranched alkanes of at least 4 members (excludes halogenated alkanes) is 3. The molecule has 0 radical (unpaired) electrons. The highest BCUT2D eigenvalue weighted by Crippen LogP contribution is 2.25. The van der Waals surface area contributed by atoms with Gasteiger partial charge in [-0.1, -0.05) is 49.6 Å². The summed E-state index contributed by atoms with van der Waals surface area (Å²) in [6, 6.07) is 9.31. The van der Waals surface area contributed by atoms with Crippen molar-refractivity contribution in [2.24, 2.45) is 5.92 Å². The first kappa shape index (κ1) is 24.1. The van der Waals surface area contributed by atoms with Crippen LogP contribution < -0.4 is 4.74 Å². The van der Waals surface area contributed by atoms with Gasteiger partial charge in [-0.15, -0.1) is 0 Å². The van der Waals surface area contributed by atoms with E-state index in [0.29, 0.717) is 12.2 Å². The van der Waals surface area contributed by atoms with Crippen LogP contribution in [0.2, 0.25) is 0 Å². The molecule has 1 aromatic carbocycles. The normalized spacial score (nSPS) is 20.1. The molecular formula is C24H34O6. The first-order chi connectivity index (χ1) is 14.5. The van der Waals surface area contributed by atoms with Gasteiger partial charge < -0.3 is 19.3 Å². The zero-order valence-electron chi connectivity index (χ0n) is 18.0. The van der Waals surface area contributed by atoms with Crippen LogP contribution in [-0.4, -0.2) is 48.4 Å². The van der Waals surface area contributed by atoms with E-state index in [1.807, 2.05) is 44.2 Å². The van der Waals surface area contributed by atoms with E-state index in [-0.39, 0.29) is 43.1 Å². The number of hydrogen-bond acceptors (Lipinski definition) is 6. The fraction of sp³-hybridized carbons (Fsp3) is 0.583. The molecule has 166 valence electrons. The second-order valence-corrected chi connectivity index (χ2v) is 7.92. The van der Waals surface area contributed by atoms with Gasteiger partial charge in [0.05, 0.1) is 12.2 Å². The Morgan fingerprint density at radius 3 is 2.67 bits per heavy atom. The zero-order valence-corrected chi connectivity index (χ0v) is 18.0. The Balaban J connectivity index is 1.65. The van der Waals surface area contributed by atoms with E-state index in [1.165, 1.54) is 0 Å². The van der Waals surface area contributed by atoms with Crippen LogP contribution in [0.5, 0.6) is 5.75 Å². The molecule has 1 aliphatic rings. The molecule has 0 unspecified atom stereocenters. The summed E-state index contributed by atoms with van der Waals surface area (Å²) in [5.74, 6) is 0.492. The molecule has 0 aromatic heterocycles. The van der Waals surface area contributed by atoms with Gasteiger partial charge in [-0.25, -0.2) is 0 Å².